The maximum absolute atomic E-state index is 10.7. The van der Waals surface area contributed by atoms with Gasteiger partial charge >= 0.3 is 24.8 Å². The average molecular weight is 259 g/mol. The van der Waals surface area contributed by atoms with E-state index in [0.29, 0.717) is 19.7 Å². The molecular weight excluding hydrogens is 241 g/mol. The number of aliphatic carboxylic acids is 1. The van der Waals surface area contributed by atoms with E-state index in [2.05, 4.69) is 0 Å². The molecule has 100 valence electrons. The second-order valence-corrected chi connectivity index (χ2v) is 4.47. The van der Waals surface area contributed by atoms with E-state index < -0.39 is 18.2 Å². The summed E-state index contributed by atoms with van der Waals surface area (Å²) in [6.07, 6.45) is -2.16. The van der Waals surface area contributed by atoms with Gasteiger partial charge in [0, 0.05) is 18.8 Å². The van der Waals surface area contributed by atoms with Crippen LogP contribution in [0, 0.1) is 6.92 Å². The van der Waals surface area contributed by atoms with Gasteiger partial charge in [0.05, 0.1) is 6.61 Å². The summed E-state index contributed by atoms with van der Waals surface area (Å²) in [7, 11) is 0. The van der Waals surface area contributed by atoms with Gasteiger partial charge in [-0.25, -0.2) is 4.79 Å². The third-order valence-electron chi connectivity index (χ3n) is 3.10. The normalized spacial score (nSPS) is 20.5. The molecule has 1 heterocycles. The molecule has 0 aromatic heterocycles. The summed E-state index contributed by atoms with van der Waals surface area (Å²) in [5.74, 6) is -1.24. The van der Waals surface area contributed by atoms with E-state index in [1.54, 1.807) is 0 Å². The molecule has 0 spiro atoms. The predicted octanol–water partition coefficient (Wildman–Crippen LogP) is -0.00278. The molecule has 0 radical (unpaired) electrons. The van der Waals surface area contributed by atoms with Crippen molar-refractivity contribution in [3.8, 4) is 0 Å². The Morgan fingerprint density at radius 1 is 1.42 bits per heavy atom. The van der Waals surface area contributed by atoms with Gasteiger partial charge in [0.1, 0.15) is 6.10 Å². The van der Waals surface area contributed by atoms with Gasteiger partial charge in [-0.2, -0.15) is 0 Å². The zero-order valence-corrected chi connectivity index (χ0v) is 10.2. The number of nitrogens with zero attached hydrogens (tertiary/aromatic N) is 1. The van der Waals surface area contributed by atoms with Crippen molar-refractivity contribution in [1.82, 2.24) is 0 Å². The van der Waals surface area contributed by atoms with Crippen molar-refractivity contribution in [1.29, 1.82) is 0 Å². The molecular formula is C13H18LiNO4. The number of benzene rings is 1. The van der Waals surface area contributed by atoms with E-state index in [-0.39, 0.29) is 18.9 Å². The molecule has 0 bridgehead atoms. The summed E-state index contributed by atoms with van der Waals surface area (Å²) in [4.78, 5) is 12.8. The van der Waals surface area contributed by atoms with E-state index in [9.17, 15) is 9.90 Å². The zero-order chi connectivity index (χ0) is 13.1. The fourth-order valence-corrected chi connectivity index (χ4v) is 2.02. The van der Waals surface area contributed by atoms with Crippen LogP contribution >= 0.6 is 0 Å². The van der Waals surface area contributed by atoms with Gasteiger partial charge in [0.15, 0.2) is 6.10 Å². The zero-order valence-electron chi connectivity index (χ0n) is 10.2. The van der Waals surface area contributed by atoms with E-state index in [1.807, 2.05) is 36.1 Å². The van der Waals surface area contributed by atoms with Crippen LogP contribution in [0.3, 0.4) is 0 Å². The van der Waals surface area contributed by atoms with Gasteiger partial charge in [-0.1, -0.05) is 17.7 Å². The van der Waals surface area contributed by atoms with Gasteiger partial charge in [0.2, 0.25) is 0 Å². The number of rotatable bonds is 3. The number of hydrogen-bond acceptors (Lipinski definition) is 4. The van der Waals surface area contributed by atoms with Gasteiger partial charge in [0.25, 0.3) is 0 Å². The van der Waals surface area contributed by atoms with Crippen LogP contribution < -0.4 is 4.90 Å². The minimum absolute atomic E-state index is 0. The van der Waals surface area contributed by atoms with Crippen LogP contribution in [-0.2, 0) is 9.53 Å². The van der Waals surface area contributed by atoms with Crippen molar-refractivity contribution in [2.75, 3.05) is 24.6 Å². The Hall–Kier alpha value is -0.993. The molecule has 5 nitrogen and oxygen atoms in total. The number of carbonyl (C=O) groups is 1. The molecule has 0 aliphatic carbocycles. The Morgan fingerprint density at radius 2 is 2.05 bits per heavy atom. The van der Waals surface area contributed by atoms with Gasteiger partial charge in [-0.15, -0.1) is 0 Å². The molecule has 2 atom stereocenters. The first-order chi connectivity index (χ1) is 8.58. The topological polar surface area (TPSA) is 70.0 Å². The number of carboxylic acid groups (broad SMARTS) is 1. The van der Waals surface area contributed by atoms with Crippen LogP contribution in [0.15, 0.2) is 24.3 Å². The Balaban J connectivity index is 0.00000180. The van der Waals surface area contributed by atoms with E-state index in [0.717, 1.165) is 5.69 Å². The number of morpholine rings is 1. The Morgan fingerprint density at radius 3 is 2.63 bits per heavy atom. The molecule has 2 N–H and O–H groups in total. The summed E-state index contributed by atoms with van der Waals surface area (Å²) in [5.41, 5.74) is 2.20. The van der Waals surface area contributed by atoms with Crippen molar-refractivity contribution in [2.45, 2.75) is 19.1 Å². The Kier molecular flexibility index (Phi) is 5.89. The van der Waals surface area contributed by atoms with E-state index >= 15 is 0 Å². The molecule has 19 heavy (non-hydrogen) atoms. The SMILES string of the molecule is Cc1ccc(N2CCOC(C(O)C(=O)O)C2)cc1.[LiH]. The number of aliphatic hydroxyl groups excluding tert-OH is 1. The molecule has 1 saturated heterocycles. The molecule has 1 aliphatic heterocycles. The molecule has 1 aromatic carbocycles. The van der Waals surface area contributed by atoms with Crippen molar-refractivity contribution in [2.24, 2.45) is 0 Å². The van der Waals surface area contributed by atoms with Crippen LogP contribution in [0.2, 0.25) is 0 Å². The third-order valence-corrected chi connectivity index (χ3v) is 3.10. The number of aryl methyl sites for hydroxylation is 1. The number of hydrogen-bond donors (Lipinski definition) is 2. The van der Waals surface area contributed by atoms with Gasteiger partial charge in [-0.05, 0) is 19.1 Å². The number of carboxylic acids is 1. The third kappa shape index (κ3) is 3.98. The fourth-order valence-electron chi connectivity index (χ4n) is 2.02. The van der Waals surface area contributed by atoms with Gasteiger partial charge < -0.3 is 19.8 Å². The Bertz CT molecular complexity index is 423. The predicted molar refractivity (Wildman–Crippen MR) is 73.9 cm³/mol. The average Bonchev–Trinajstić information content (AvgIpc) is 2.38. The summed E-state index contributed by atoms with van der Waals surface area (Å²) >= 11 is 0. The summed E-state index contributed by atoms with van der Waals surface area (Å²) in [6.45, 7) is 3.52. The van der Waals surface area contributed by atoms with Crippen molar-refractivity contribution in [3.63, 3.8) is 0 Å². The molecule has 1 aliphatic rings. The molecule has 2 unspecified atom stereocenters. The molecule has 0 saturated carbocycles. The van der Waals surface area contributed by atoms with E-state index in [1.165, 1.54) is 5.56 Å². The van der Waals surface area contributed by atoms with Crippen LogP contribution in [0.4, 0.5) is 5.69 Å². The minimum atomic E-state index is -1.47. The quantitative estimate of drug-likeness (QED) is 0.748. The summed E-state index contributed by atoms with van der Waals surface area (Å²) in [6, 6.07) is 8.00. The summed E-state index contributed by atoms with van der Waals surface area (Å²) in [5, 5.41) is 18.3. The van der Waals surface area contributed by atoms with Crippen LogP contribution in [0.25, 0.3) is 0 Å². The number of aliphatic hydroxyl groups is 1. The molecule has 1 aromatic rings. The van der Waals surface area contributed by atoms with Crippen LogP contribution in [-0.4, -0.2) is 66.9 Å². The second kappa shape index (κ2) is 6.97. The molecule has 2 rings (SSSR count). The first-order valence-corrected chi connectivity index (χ1v) is 5.92. The monoisotopic (exact) mass is 259 g/mol. The van der Waals surface area contributed by atoms with Crippen molar-refractivity contribution in [3.05, 3.63) is 29.8 Å². The number of anilines is 1. The van der Waals surface area contributed by atoms with Crippen LogP contribution in [0.1, 0.15) is 5.56 Å². The maximum atomic E-state index is 10.7. The van der Waals surface area contributed by atoms with Crippen molar-refractivity contribution < 1.29 is 19.7 Å². The molecule has 1 fully saturated rings. The van der Waals surface area contributed by atoms with Gasteiger partial charge in [-0.3, -0.25) is 0 Å². The van der Waals surface area contributed by atoms with Crippen molar-refractivity contribution >= 4 is 30.5 Å². The van der Waals surface area contributed by atoms with E-state index in [4.69, 9.17) is 9.84 Å². The first kappa shape index (κ1) is 16.1. The first-order valence-electron chi connectivity index (χ1n) is 5.92. The molecule has 6 heteroatoms. The number of ether oxygens (including phenoxy) is 1. The van der Waals surface area contributed by atoms with Crippen LogP contribution in [0.5, 0.6) is 0 Å². The molecule has 0 amide bonds. The fraction of sp³-hybridized carbons (Fsp3) is 0.462. The standard InChI is InChI=1S/C13H17NO4.Li.H/c1-9-2-4-10(5-3-9)14-6-7-18-11(8-14)12(15)13(16)17;;/h2-5,11-12,15H,6-8H2,1H3,(H,16,17);;. The summed E-state index contributed by atoms with van der Waals surface area (Å²) < 4.78 is 5.30. The Labute approximate surface area is 124 Å². The second-order valence-electron chi connectivity index (χ2n) is 4.47.